The third-order valence-electron chi connectivity index (χ3n) is 2.31. The van der Waals surface area contributed by atoms with E-state index in [9.17, 15) is 9.59 Å². The molecular formula is C13H18N2O4. The molecule has 1 aromatic carbocycles. The number of amides is 2. The lowest BCUT2D eigenvalue weighted by Gasteiger charge is -2.07. The average molecular weight is 266 g/mol. The number of hydrogen-bond acceptors (Lipinski definition) is 4. The first-order chi connectivity index (χ1) is 9.15. The zero-order chi connectivity index (χ0) is 14.1. The fourth-order valence-electron chi connectivity index (χ4n) is 1.35. The first kappa shape index (κ1) is 14.8. The van der Waals surface area contributed by atoms with E-state index < -0.39 is 12.0 Å². The highest BCUT2D eigenvalue weighted by Crippen LogP contribution is 2.10. The molecule has 6 nitrogen and oxygen atoms in total. The highest BCUT2D eigenvalue weighted by Gasteiger charge is 2.05. The van der Waals surface area contributed by atoms with E-state index in [1.165, 1.54) is 0 Å². The molecule has 1 rings (SSSR count). The summed E-state index contributed by atoms with van der Waals surface area (Å²) >= 11 is 0. The summed E-state index contributed by atoms with van der Waals surface area (Å²) < 4.78 is 9.72. The maximum atomic E-state index is 11.4. The van der Waals surface area contributed by atoms with Crippen LogP contribution in [-0.4, -0.2) is 32.3 Å². The van der Waals surface area contributed by atoms with Gasteiger partial charge < -0.3 is 20.1 Å². The predicted octanol–water partition coefficient (Wildman–Crippen LogP) is 1.06. The van der Waals surface area contributed by atoms with Gasteiger partial charge in [-0.25, -0.2) is 4.79 Å². The van der Waals surface area contributed by atoms with Gasteiger partial charge in [0.2, 0.25) is 0 Å². The van der Waals surface area contributed by atoms with Crippen LogP contribution >= 0.6 is 0 Å². The van der Waals surface area contributed by atoms with Gasteiger partial charge in [0.1, 0.15) is 12.3 Å². The van der Waals surface area contributed by atoms with Crippen molar-refractivity contribution in [2.75, 3.05) is 20.3 Å². The Morgan fingerprint density at radius 1 is 1.16 bits per heavy atom. The van der Waals surface area contributed by atoms with Crippen LogP contribution in [0.4, 0.5) is 4.79 Å². The molecule has 0 aliphatic heterocycles. The van der Waals surface area contributed by atoms with Crippen molar-refractivity contribution in [3.63, 3.8) is 0 Å². The van der Waals surface area contributed by atoms with Crippen LogP contribution < -0.4 is 15.4 Å². The molecule has 0 aliphatic carbocycles. The van der Waals surface area contributed by atoms with Gasteiger partial charge in [0.15, 0.2) is 0 Å². The highest BCUT2D eigenvalue weighted by atomic mass is 16.5. The van der Waals surface area contributed by atoms with E-state index in [0.717, 1.165) is 11.3 Å². The molecule has 0 atom stereocenters. The van der Waals surface area contributed by atoms with Crippen molar-refractivity contribution in [3.8, 4) is 5.75 Å². The molecule has 0 aliphatic rings. The second-order valence-electron chi connectivity index (χ2n) is 3.69. The zero-order valence-electron chi connectivity index (χ0n) is 11.1. The lowest BCUT2D eigenvalue weighted by molar-refractivity contribution is -0.141. The molecule has 0 unspecified atom stereocenters. The number of methoxy groups -OCH3 is 1. The summed E-state index contributed by atoms with van der Waals surface area (Å²) in [5.74, 6) is 0.303. The lowest BCUT2D eigenvalue weighted by Crippen LogP contribution is -2.38. The van der Waals surface area contributed by atoms with E-state index in [-0.39, 0.29) is 6.54 Å². The van der Waals surface area contributed by atoms with Crippen molar-refractivity contribution in [2.45, 2.75) is 13.5 Å². The van der Waals surface area contributed by atoms with Gasteiger partial charge in [-0.15, -0.1) is 0 Å². The molecule has 2 N–H and O–H groups in total. The molecule has 0 aromatic heterocycles. The fraction of sp³-hybridized carbons (Fsp3) is 0.385. The summed E-state index contributed by atoms with van der Waals surface area (Å²) in [6, 6.07) is 6.92. The second-order valence-corrected chi connectivity index (χ2v) is 3.69. The second kappa shape index (κ2) is 7.97. The minimum absolute atomic E-state index is 0.137. The Labute approximate surface area is 112 Å². The zero-order valence-corrected chi connectivity index (χ0v) is 11.1. The molecule has 2 amide bonds. The molecule has 0 radical (unpaired) electrons. The fourth-order valence-corrected chi connectivity index (χ4v) is 1.35. The van der Waals surface area contributed by atoms with Crippen LogP contribution in [0.5, 0.6) is 5.75 Å². The number of carbonyl (C=O) groups is 2. The summed E-state index contributed by atoms with van der Waals surface area (Å²) in [5, 5.41) is 5.05. The van der Waals surface area contributed by atoms with Crippen LogP contribution in [0.1, 0.15) is 12.5 Å². The number of hydrogen-bond donors (Lipinski definition) is 2. The number of esters is 1. The third kappa shape index (κ3) is 5.76. The van der Waals surface area contributed by atoms with E-state index in [2.05, 4.69) is 15.4 Å². The minimum Gasteiger partial charge on any atom is -0.497 e. The maximum absolute atomic E-state index is 11.4. The average Bonchev–Trinajstić information content (AvgIpc) is 2.44. The van der Waals surface area contributed by atoms with Crippen LogP contribution in [0.15, 0.2) is 24.3 Å². The molecule has 19 heavy (non-hydrogen) atoms. The normalized spacial score (nSPS) is 9.58. The molecule has 0 spiro atoms. The minimum atomic E-state index is -0.456. The molecule has 0 heterocycles. The van der Waals surface area contributed by atoms with Gasteiger partial charge in [0, 0.05) is 6.54 Å². The first-order valence-electron chi connectivity index (χ1n) is 5.96. The first-order valence-corrected chi connectivity index (χ1v) is 5.96. The van der Waals surface area contributed by atoms with Crippen molar-refractivity contribution >= 4 is 12.0 Å². The van der Waals surface area contributed by atoms with Crippen molar-refractivity contribution in [2.24, 2.45) is 0 Å². The van der Waals surface area contributed by atoms with E-state index >= 15 is 0 Å². The van der Waals surface area contributed by atoms with Crippen LogP contribution in [0.2, 0.25) is 0 Å². The Hall–Kier alpha value is -2.24. The van der Waals surface area contributed by atoms with Gasteiger partial charge in [-0.1, -0.05) is 12.1 Å². The SMILES string of the molecule is CCOC(=O)CNC(=O)NCc1ccc(OC)cc1. The number of rotatable bonds is 6. The number of benzene rings is 1. The topological polar surface area (TPSA) is 76.7 Å². The lowest BCUT2D eigenvalue weighted by atomic mass is 10.2. The van der Waals surface area contributed by atoms with Crippen molar-refractivity contribution < 1.29 is 19.1 Å². The van der Waals surface area contributed by atoms with E-state index in [0.29, 0.717) is 13.2 Å². The Balaban J connectivity index is 2.27. The molecule has 0 fully saturated rings. The summed E-state index contributed by atoms with van der Waals surface area (Å²) in [6.45, 7) is 2.25. The standard InChI is InChI=1S/C13H18N2O4/c1-3-19-12(16)9-15-13(17)14-8-10-4-6-11(18-2)7-5-10/h4-7H,3,8-9H2,1-2H3,(H2,14,15,17). The molecule has 0 saturated heterocycles. The van der Waals surface area contributed by atoms with Crippen molar-refractivity contribution in [1.29, 1.82) is 0 Å². The molecule has 0 saturated carbocycles. The van der Waals surface area contributed by atoms with Gasteiger partial charge in [0.25, 0.3) is 0 Å². The molecular weight excluding hydrogens is 248 g/mol. The van der Waals surface area contributed by atoms with Crippen molar-refractivity contribution in [3.05, 3.63) is 29.8 Å². The Bertz CT molecular complexity index is 417. The van der Waals surface area contributed by atoms with Crippen LogP contribution in [0.3, 0.4) is 0 Å². The van der Waals surface area contributed by atoms with E-state index in [1.807, 2.05) is 24.3 Å². The number of urea groups is 1. The largest absolute Gasteiger partial charge is 0.497 e. The summed E-state index contributed by atoms with van der Waals surface area (Å²) in [7, 11) is 1.59. The molecule has 0 bridgehead atoms. The van der Waals surface area contributed by atoms with Crippen molar-refractivity contribution in [1.82, 2.24) is 10.6 Å². The smallest absolute Gasteiger partial charge is 0.325 e. The third-order valence-corrected chi connectivity index (χ3v) is 2.31. The molecule has 1 aromatic rings. The summed E-state index contributed by atoms with van der Waals surface area (Å²) in [6.07, 6.45) is 0. The van der Waals surface area contributed by atoms with Crippen LogP contribution in [-0.2, 0) is 16.1 Å². The number of nitrogens with one attached hydrogen (secondary N) is 2. The van der Waals surface area contributed by atoms with Crippen LogP contribution in [0, 0.1) is 0 Å². The van der Waals surface area contributed by atoms with Gasteiger partial charge in [-0.3, -0.25) is 4.79 Å². The number of carbonyl (C=O) groups excluding carboxylic acids is 2. The van der Waals surface area contributed by atoms with E-state index in [1.54, 1.807) is 14.0 Å². The Morgan fingerprint density at radius 2 is 1.84 bits per heavy atom. The molecule has 6 heteroatoms. The predicted molar refractivity (Wildman–Crippen MR) is 69.9 cm³/mol. The highest BCUT2D eigenvalue weighted by molar-refractivity contribution is 5.80. The maximum Gasteiger partial charge on any atom is 0.325 e. The summed E-state index contributed by atoms with van der Waals surface area (Å²) in [5.41, 5.74) is 0.937. The van der Waals surface area contributed by atoms with E-state index in [4.69, 9.17) is 4.74 Å². The number of ether oxygens (including phenoxy) is 2. The van der Waals surface area contributed by atoms with Gasteiger partial charge in [-0.2, -0.15) is 0 Å². The summed E-state index contributed by atoms with van der Waals surface area (Å²) in [4.78, 5) is 22.4. The monoisotopic (exact) mass is 266 g/mol. The Kier molecular flexibility index (Phi) is 6.21. The van der Waals surface area contributed by atoms with Gasteiger partial charge >= 0.3 is 12.0 Å². The quantitative estimate of drug-likeness (QED) is 0.755. The molecule has 104 valence electrons. The van der Waals surface area contributed by atoms with Gasteiger partial charge in [0.05, 0.1) is 13.7 Å². The van der Waals surface area contributed by atoms with Crippen LogP contribution in [0.25, 0.3) is 0 Å². The Morgan fingerprint density at radius 3 is 2.42 bits per heavy atom. The van der Waals surface area contributed by atoms with Gasteiger partial charge in [-0.05, 0) is 24.6 Å².